The van der Waals surface area contributed by atoms with Gasteiger partial charge in [0.15, 0.2) is 0 Å². The Hall–Kier alpha value is -1.63. The highest BCUT2D eigenvalue weighted by atomic mass is 16.2. The molecule has 124 valence electrons. The van der Waals surface area contributed by atoms with Crippen molar-refractivity contribution < 1.29 is 14.4 Å². The van der Waals surface area contributed by atoms with Crippen LogP contribution in [0.15, 0.2) is 0 Å². The van der Waals surface area contributed by atoms with E-state index in [1.807, 2.05) is 0 Å². The first kappa shape index (κ1) is 16.7. The van der Waals surface area contributed by atoms with Crippen molar-refractivity contribution in [3.8, 4) is 0 Å². The van der Waals surface area contributed by atoms with E-state index >= 15 is 0 Å². The first-order valence-corrected chi connectivity index (χ1v) is 8.08. The van der Waals surface area contributed by atoms with Gasteiger partial charge in [-0.3, -0.25) is 14.5 Å². The van der Waals surface area contributed by atoms with Crippen molar-refractivity contribution in [1.82, 2.24) is 20.9 Å². The molecule has 1 aliphatic heterocycles. The Morgan fingerprint density at radius 3 is 2.59 bits per heavy atom. The zero-order valence-electron chi connectivity index (χ0n) is 13.4. The Labute approximate surface area is 131 Å². The van der Waals surface area contributed by atoms with Gasteiger partial charge in [-0.25, -0.2) is 4.79 Å². The molecule has 1 heterocycles. The molecule has 1 spiro atoms. The van der Waals surface area contributed by atoms with Crippen molar-refractivity contribution in [3.63, 3.8) is 0 Å². The number of carbonyl (C=O) groups excluding carboxylic acids is 3. The zero-order chi connectivity index (χ0) is 16.2. The van der Waals surface area contributed by atoms with E-state index in [2.05, 4.69) is 22.9 Å². The molecule has 7 nitrogen and oxygen atoms in total. The maximum absolute atomic E-state index is 12.6. The van der Waals surface area contributed by atoms with E-state index in [1.165, 1.54) is 0 Å². The third-order valence-corrected chi connectivity index (χ3v) is 4.78. The Morgan fingerprint density at radius 1 is 1.32 bits per heavy atom. The quantitative estimate of drug-likeness (QED) is 0.483. The van der Waals surface area contributed by atoms with Crippen molar-refractivity contribution in [1.29, 1.82) is 0 Å². The van der Waals surface area contributed by atoms with Gasteiger partial charge in [-0.15, -0.1) is 0 Å². The normalized spacial score (nSPS) is 28.1. The fourth-order valence-electron chi connectivity index (χ4n) is 3.26. The van der Waals surface area contributed by atoms with Gasteiger partial charge in [0, 0.05) is 13.1 Å². The average Bonchev–Trinajstić information content (AvgIpc) is 2.73. The Morgan fingerprint density at radius 2 is 2.00 bits per heavy atom. The summed E-state index contributed by atoms with van der Waals surface area (Å²) in [6.07, 6.45) is 4.35. The molecule has 0 unspecified atom stereocenters. The van der Waals surface area contributed by atoms with Crippen LogP contribution in [0.4, 0.5) is 4.79 Å². The molecule has 3 N–H and O–H groups in total. The monoisotopic (exact) mass is 310 g/mol. The van der Waals surface area contributed by atoms with Crippen LogP contribution >= 0.6 is 0 Å². The summed E-state index contributed by atoms with van der Waals surface area (Å²) in [5.41, 5.74) is -0.770. The summed E-state index contributed by atoms with van der Waals surface area (Å²) in [6.45, 7) is 3.07. The molecule has 0 aromatic heterocycles. The van der Waals surface area contributed by atoms with Crippen molar-refractivity contribution in [3.05, 3.63) is 0 Å². The number of nitrogens with one attached hydrogen (secondary N) is 3. The third-order valence-electron chi connectivity index (χ3n) is 4.78. The molecule has 0 aromatic carbocycles. The molecular formula is C15H26N4O3. The van der Waals surface area contributed by atoms with E-state index in [4.69, 9.17) is 0 Å². The summed E-state index contributed by atoms with van der Waals surface area (Å²) < 4.78 is 0. The van der Waals surface area contributed by atoms with Gasteiger partial charge in [0.1, 0.15) is 12.1 Å². The highest BCUT2D eigenvalue weighted by Crippen LogP contribution is 2.37. The van der Waals surface area contributed by atoms with Crippen molar-refractivity contribution in [2.45, 2.75) is 44.6 Å². The molecule has 0 aromatic rings. The molecule has 2 aliphatic rings. The number of nitrogens with zero attached hydrogens (tertiary/aromatic N) is 1. The molecule has 22 heavy (non-hydrogen) atoms. The topological polar surface area (TPSA) is 90.5 Å². The van der Waals surface area contributed by atoms with Crippen molar-refractivity contribution in [2.24, 2.45) is 5.92 Å². The lowest BCUT2D eigenvalue weighted by molar-refractivity contribution is -0.136. The van der Waals surface area contributed by atoms with E-state index in [1.54, 1.807) is 7.05 Å². The van der Waals surface area contributed by atoms with Crippen LogP contribution in [0.2, 0.25) is 0 Å². The second kappa shape index (κ2) is 7.09. The molecule has 1 aliphatic carbocycles. The lowest BCUT2D eigenvalue weighted by Gasteiger charge is -2.34. The van der Waals surface area contributed by atoms with E-state index in [0.717, 1.165) is 24.2 Å². The van der Waals surface area contributed by atoms with Gasteiger partial charge >= 0.3 is 6.03 Å². The lowest BCUT2D eigenvalue weighted by atomic mass is 9.75. The molecule has 1 saturated heterocycles. The number of likely N-dealkylation sites (N-methyl/N-ethyl adjacent to an activating group) is 1. The molecule has 0 bridgehead atoms. The summed E-state index contributed by atoms with van der Waals surface area (Å²) in [5, 5.41) is 8.43. The van der Waals surface area contributed by atoms with Crippen LogP contribution in [0.3, 0.4) is 0 Å². The molecule has 2 rings (SSSR count). The van der Waals surface area contributed by atoms with Crippen molar-refractivity contribution in [2.75, 3.05) is 26.7 Å². The van der Waals surface area contributed by atoms with Crippen LogP contribution in [-0.2, 0) is 9.59 Å². The molecule has 2 fully saturated rings. The molecular weight excluding hydrogens is 284 g/mol. The van der Waals surface area contributed by atoms with E-state index in [9.17, 15) is 14.4 Å². The maximum atomic E-state index is 12.6. The first-order valence-electron chi connectivity index (χ1n) is 8.08. The predicted molar refractivity (Wildman–Crippen MR) is 82.2 cm³/mol. The summed E-state index contributed by atoms with van der Waals surface area (Å²) >= 11 is 0. The lowest BCUT2D eigenvalue weighted by Crippen LogP contribution is -2.50. The standard InChI is InChI=1S/C15H26N4O3/c1-3-11-4-6-15(7-5-11)13(21)19(14(22)18-15)10-12(20)17-9-8-16-2/h11,16H,3-10H2,1-2H3,(H,17,20)(H,18,22). The molecule has 1 saturated carbocycles. The Kier molecular flexibility index (Phi) is 5.39. The predicted octanol–water partition coefficient (Wildman–Crippen LogP) is 0.213. The first-order chi connectivity index (χ1) is 10.5. The molecule has 7 heteroatoms. The fraction of sp³-hybridized carbons (Fsp3) is 0.800. The number of rotatable bonds is 6. The number of carbonyl (C=O) groups is 3. The van der Waals surface area contributed by atoms with Gasteiger partial charge in [0.05, 0.1) is 0 Å². The maximum Gasteiger partial charge on any atom is 0.325 e. The number of amides is 4. The van der Waals surface area contributed by atoms with Gasteiger partial charge in [-0.05, 0) is 38.6 Å². The van der Waals surface area contributed by atoms with Crippen LogP contribution in [0.1, 0.15) is 39.0 Å². The second-order valence-corrected chi connectivity index (χ2v) is 6.21. The van der Waals surface area contributed by atoms with E-state index in [-0.39, 0.29) is 18.4 Å². The largest absolute Gasteiger partial charge is 0.353 e. The van der Waals surface area contributed by atoms with Crippen LogP contribution in [-0.4, -0.2) is 55.0 Å². The van der Waals surface area contributed by atoms with Gasteiger partial charge in [-0.2, -0.15) is 0 Å². The average molecular weight is 310 g/mol. The summed E-state index contributed by atoms with van der Waals surface area (Å²) in [6, 6.07) is -0.441. The second-order valence-electron chi connectivity index (χ2n) is 6.21. The fourth-order valence-corrected chi connectivity index (χ4v) is 3.26. The van der Waals surface area contributed by atoms with Gasteiger partial charge < -0.3 is 16.0 Å². The molecule has 0 atom stereocenters. The molecule has 0 radical (unpaired) electrons. The minimum Gasteiger partial charge on any atom is -0.353 e. The van der Waals surface area contributed by atoms with Crippen LogP contribution in [0, 0.1) is 5.92 Å². The summed E-state index contributed by atoms with van der Waals surface area (Å²) in [5.74, 6) is 0.0862. The zero-order valence-corrected chi connectivity index (χ0v) is 13.4. The number of hydrogen-bond donors (Lipinski definition) is 3. The number of imide groups is 1. The van der Waals surface area contributed by atoms with Gasteiger partial charge in [0.2, 0.25) is 5.91 Å². The van der Waals surface area contributed by atoms with E-state index in [0.29, 0.717) is 31.8 Å². The van der Waals surface area contributed by atoms with Gasteiger partial charge in [-0.1, -0.05) is 13.3 Å². The Bertz CT molecular complexity index is 444. The Balaban J connectivity index is 1.93. The summed E-state index contributed by atoms with van der Waals surface area (Å²) in [4.78, 5) is 37.6. The van der Waals surface area contributed by atoms with Crippen LogP contribution in [0.5, 0.6) is 0 Å². The minimum absolute atomic E-state index is 0.201. The van der Waals surface area contributed by atoms with Crippen molar-refractivity contribution >= 4 is 17.8 Å². The summed E-state index contributed by atoms with van der Waals surface area (Å²) in [7, 11) is 1.79. The smallest absolute Gasteiger partial charge is 0.325 e. The third kappa shape index (κ3) is 3.40. The number of urea groups is 1. The highest BCUT2D eigenvalue weighted by Gasteiger charge is 2.52. The van der Waals surface area contributed by atoms with Gasteiger partial charge in [0.25, 0.3) is 5.91 Å². The minimum atomic E-state index is -0.770. The van der Waals surface area contributed by atoms with Crippen LogP contribution < -0.4 is 16.0 Å². The van der Waals surface area contributed by atoms with Crippen LogP contribution in [0.25, 0.3) is 0 Å². The number of hydrogen-bond acceptors (Lipinski definition) is 4. The SMILES string of the molecule is CCC1CCC2(CC1)NC(=O)N(CC(=O)NCCNC)C2=O. The highest BCUT2D eigenvalue weighted by molar-refractivity contribution is 6.09. The molecule has 4 amide bonds. The van der Waals surface area contributed by atoms with E-state index < -0.39 is 11.6 Å².